The average Bonchev–Trinajstić information content (AvgIpc) is 2.93. The largest absolute Gasteiger partial charge is 0.491 e. The van der Waals surface area contributed by atoms with E-state index in [2.05, 4.69) is 23.2 Å². The standard InChI is InChI=1S/C24H31ClN2O4.2C2HF3O2/c1-17-12-20(25)7-6-19(17)15-27-10-8-21(9-11-27)26-14-22(28)16-31-23-5-3-2-4-18(23)13-24(29)30;2*3-2(4,5)1(6)7/h2-7,12,21-22,26,28H,8-11,13-16H2,1H3,(H,29,30);2*(H,6,7)/t22-;;/m0../s1. The Balaban J connectivity index is 0.000000601. The molecule has 1 heterocycles. The van der Waals surface area contributed by atoms with Crippen LogP contribution >= 0.6 is 11.6 Å². The van der Waals surface area contributed by atoms with Crippen LogP contribution < -0.4 is 10.1 Å². The number of aliphatic hydroxyl groups excluding tert-OH is 1. The Bertz CT molecular complexity index is 1230. The minimum Gasteiger partial charge on any atom is -0.491 e. The first-order valence-electron chi connectivity index (χ1n) is 13.2. The third kappa shape index (κ3) is 16.3. The molecule has 3 rings (SSSR count). The van der Waals surface area contributed by atoms with Crippen LogP contribution in [-0.4, -0.2) is 94.0 Å². The van der Waals surface area contributed by atoms with E-state index < -0.39 is 36.4 Å². The van der Waals surface area contributed by atoms with Crippen molar-refractivity contribution in [3.63, 3.8) is 0 Å². The van der Waals surface area contributed by atoms with E-state index in [4.69, 9.17) is 41.2 Å². The van der Waals surface area contributed by atoms with Crippen LogP contribution in [-0.2, 0) is 27.3 Å². The first-order valence-corrected chi connectivity index (χ1v) is 13.6. The highest BCUT2D eigenvalue weighted by Gasteiger charge is 2.38. The zero-order chi connectivity index (χ0) is 34.4. The van der Waals surface area contributed by atoms with Crippen molar-refractivity contribution in [3.8, 4) is 5.75 Å². The normalized spacial score (nSPS) is 14.7. The van der Waals surface area contributed by atoms with Crippen molar-refractivity contribution in [1.82, 2.24) is 10.2 Å². The van der Waals surface area contributed by atoms with Gasteiger partial charge in [0.2, 0.25) is 0 Å². The third-order valence-electron chi connectivity index (χ3n) is 6.16. The van der Waals surface area contributed by atoms with Gasteiger partial charge in [-0.15, -0.1) is 0 Å². The van der Waals surface area contributed by atoms with Crippen molar-refractivity contribution in [3.05, 3.63) is 64.2 Å². The predicted molar refractivity (Wildman–Crippen MR) is 149 cm³/mol. The average molecular weight is 675 g/mol. The number of halogens is 7. The Labute approximate surface area is 259 Å². The number of nitrogens with one attached hydrogen (secondary N) is 1. The minimum absolute atomic E-state index is 0.0986. The maximum absolute atomic E-state index is 11.0. The van der Waals surface area contributed by atoms with Crippen LogP contribution in [0.2, 0.25) is 5.02 Å². The van der Waals surface area contributed by atoms with Crippen molar-refractivity contribution < 1.29 is 65.9 Å². The fourth-order valence-corrected chi connectivity index (χ4v) is 4.10. The molecule has 0 aliphatic carbocycles. The smallest absolute Gasteiger partial charge is 0.490 e. The molecule has 5 N–H and O–H groups in total. The predicted octanol–water partition coefficient (Wildman–Crippen LogP) is 4.54. The molecule has 45 heavy (non-hydrogen) atoms. The van der Waals surface area contributed by atoms with Gasteiger partial charge in [-0.1, -0.05) is 35.9 Å². The molecule has 1 saturated heterocycles. The van der Waals surface area contributed by atoms with Crippen LogP contribution in [0, 0.1) is 6.92 Å². The highest BCUT2D eigenvalue weighted by atomic mass is 35.5. The summed E-state index contributed by atoms with van der Waals surface area (Å²) in [6.07, 6.45) is -8.87. The summed E-state index contributed by atoms with van der Waals surface area (Å²) in [4.78, 5) is 31.2. The molecule has 1 atom stereocenters. The van der Waals surface area contributed by atoms with Gasteiger partial charge in [0.15, 0.2) is 0 Å². The van der Waals surface area contributed by atoms with Crippen molar-refractivity contribution in [2.24, 2.45) is 0 Å². The molecule has 0 saturated carbocycles. The van der Waals surface area contributed by atoms with Crippen LogP contribution in [0.3, 0.4) is 0 Å². The summed E-state index contributed by atoms with van der Waals surface area (Å²) in [6, 6.07) is 13.5. The van der Waals surface area contributed by atoms with Crippen LogP contribution in [0.5, 0.6) is 5.75 Å². The molecule has 1 aliphatic rings. The second kappa shape index (κ2) is 18.4. The third-order valence-corrected chi connectivity index (χ3v) is 6.39. The van der Waals surface area contributed by atoms with Crippen LogP contribution in [0.4, 0.5) is 26.3 Å². The molecular formula is C28H33ClF6N2O8. The van der Waals surface area contributed by atoms with Gasteiger partial charge in [-0.25, -0.2) is 9.59 Å². The number of aliphatic carboxylic acids is 3. The van der Waals surface area contributed by atoms with Crippen molar-refractivity contribution in [2.75, 3.05) is 26.2 Å². The Kier molecular flexibility index (Phi) is 16.1. The Hall–Kier alpha value is -3.60. The Morgan fingerprint density at radius 2 is 1.49 bits per heavy atom. The molecule has 0 radical (unpaired) electrons. The van der Waals surface area contributed by atoms with E-state index in [1.807, 2.05) is 12.1 Å². The molecule has 2 aromatic carbocycles. The molecule has 0 spiro atoms. The van der Waals surface area contributed by atoms with Gasteiger partial charge in [0.1, 0.15) is 18.5 Å². The zero-order valence-corrected chi connectivity index (χ0v) is 24.6. The highest BCUT2D eigenvalue weighted by Crippen LogP contribution is 2.21. The van der Waals surface area contributed by atoms with Gasteiger partial charge in [-0.05, 0) is 62.2 Å². The van der Waals surface area contributed by atoms with Crippen LogP contribution in [0.1, 0.15) is 29.5 Å². The number of ether oxygens (including phenoxy) is 1. The molecule has 17 heteroatoms. The lowest BCUT2D eigenvalue weighted by Gasteiger charge is -2.33. The number of piperidine rings is 1. The number of aliphatic hydroxyl groups is 1. The fourth-order valence-electron chi connectivity index (χ4n) is 3.87. The van der Waals surface area contributed by atoms with E-state index in [1.165, 1.54) is 11.1 Å². The van der Waals surface area contributed by atoms with Crippen molar-refractivity contribution in [1.29, 1.82) is 0 Å². The van der Waals surface area contributed by atoms with E-state index >= 15 is 0 Å². The van der Waals surface area contributed by atoms with Crippen LogP contribution in [0.15, 0.2) is 42.5 Å². The lowest BCUT2D eigenvalue weighted by Crippen LogP contribution is -2.45. The van der Waals surface area contributed by atoms with Gasteiger partial charge in [0.05, 0.1) is 6.42 Å². The molecule has 2 aromatic rings. The SMILES string of the molecule is Cc1cc(Cl)ccc1CN1CCC(NC[C@H](O)COc2ccccc2CC(=O)O)CC1.O=C(O)C(F)(F)F.O=C(O)C(F)(F)F. The molecule has 0 bridgehead atoms. The second-order valence-corrected chi connectivity index (χ2v) is 10.2. The lowest BCUT2D eigenvalue weighted by molar-refractivity contribution is -0.193. The Morgan fingerprint density at radius 1 is 0.956 bits per heavy atom. The number of carboxylic acid groups (broad SMARTS) is 3. The van der Waals surface area contributed by atoms with E-state index in [-0.39, 0.29) is 13.0 Å². The van der Waals surface area contributed by atoms with Gasteiger partial charge in [0, 0.05) is 29.7 Å². The van der Waals surface area contributed by atoms with E-state index in [0.717, 1.165) is 37.5 Å². The number of carbonyl (C=O) groups is 3. The molecule has 10 nitrogen and oxygen atoms in total. The van der Waals surface area contributed by atoms with Crippen molar-refractivity contribution in [2.45, 2.75) is 57.2 Å². The minimum atomic E-state index is -5.08. The number of aryl methyl sites for hydroxylation is 1. The molecular weight excluding hydrogens is 642 g/mol. The molecule has 252 valence electrons. The van der Waals surface area contributed by atoms with Crippen LogP contribution in [0.25, 0.3) is 0 Å². The van der Waals surface area contributed by atoms with E-state index in [1.54, 1.807) is 24.3 Å². The summed E-state index contributed by atoms with van der Waals surface area (Å²) < 4.78 is 69.1. The van der Waals surface area contributed by atoms with Gasteiger partial charge in [0.25, 0.3) is 0 Å². The van der Waals surface area contributed by atoms with E-state index in [0.29, 0.717) is 23.9 Å². The fraction of sp³-hybridized carbons (Fsp3) is 0.464. The number of hydrogen-bond donors (Lipinski definition) is 5. The number of nitrogens with zero attached hydrogens (tertiary/aromatic N) is 1. The lowest BCUT2D eigenvalue weighted by atomic mass is 10.0. The molecule has 0 amide bonds. The van der Waals surface area contributed by atoms with Gasteiger partial charge in [-0.3, -0.25) is 9.69 Å². The summed E-state index contributed by atoms with van der Waals surface area (Å²) in [5.74, 6) is -5.91. The Morgan fingerprint density at radius 3 is 1.98 bits per heavy atom. The number of carboxylic acids is 3. The summed E-state index contributed by atoms with van der Waals surface area (Å²) >= 11 is 6.05. The molecule has 0 aromatic heterocycles. The van der Waals surface area contributed by atoms with Gasteiger partial charge in [-0.2, -0.15) is 26.3 Å². The topological polar surface area (TPSA) is 157 Å². The number of para-hydroxylation sites is 1. The van der Waals surface area contributed by atoms with Gasteiger partial charge < -0.3 is 30.5 Å². The number of benzene rings is 2. The number of likely N-dealkylation sites (tertiary alicyclic amines) is 1. The summed E-state index contributed by atoms with van der Waals surface area (Å²) in [5, 5.41) is 37.8. The summed E-state index contributed by atoms with van der Waals surface area (Å²) in [5.41, 5.74) is 3.14. The first-order chi connectivity index (χ1) is 20.8. The quantitative estimate of drug-likeness (QED) is 0.227. The monoisotopic (exact) mass is 674 g/mol. The maximum Gasteiger partial charge on any atom is 0.490 e. The van der Waals surface area contributed by atoms with Gasteiger partial charge >= 0.3 is 30.3 Å². The summed E-state index contributed by atoms with van der Waals surface area (Å²) in [7, 11) is 0. The number of hydrogen-bond acceptors (Lipinski definition) is 7. The molecule has 1 fully saturated rings. The van der Waals surface area contributed by atoms with E-state index in [9.17, 15) is 36.2 Å². The van der Waals surface area contributed by atoms with Crippen molar-refractivity contribution >= 4 is 29.5 Å². The number of rotatable bonds is 10. The number of alkyl halides is 6. The summed E-state index contributed by atoms with van der Waals surface area (Å²) in [6.45, 7) is 5.62. The maximum atomic E-state index is 11.0. The zero-order valence-electron chi connectivity index (χ0n) is 23.9. The first kappa shape index (κ1) is 39.4. The molecule has 1 aliphatic heterocycles. The highest BCUT2D eigenvalue weighted by molar-refractivity contribution is 6.30. The second-order valence-electron chi connectivity index (χ2n) is 9.78. The molecule has 0 unspecified atom stereocenters.